The summed E-state index contributed by atoms with van der Waals surface area (Å²) in [5.41, 5.74) is 0. The molecule has 0 radical (unpaired) electrons. The Bertz CT molecular complexity index is 498. The van der Waals surface area contributed by atoms with E-state index in [1.54, 1.807) is 0 Å². The second kappa shape index (κ2) is 15.6. The molecule has 2 rings (SSSR count). The van der Waals surface area contributed by atoms with E-state index in [-0.39, 0.29) is 11.8 Å². The van der Waals surface area contributed by atoms with E-state index in [9.17, 15) is 9.59 Å². The SMILES string of the molecule is CCCCNC(=O)CCN1CCC(CCCC2CCN(CCC(=O)NCC)CC2)CC1. The number of unbranched alkanes of at least 4 members (excludes halogenated alkanes) is 1. The van der Waals surface area contributed by atoms with Gasteiger partial charge in [0.1, 0.15) is 0 Å². The van der Waals surface area contributed by atoms with Crippen LogP contribution >= 0.6 is 0 Å². The quantitative estimate of drug-likeness (QED) is 0.410. The van der Waals surface area contributed by atoms with Gasteiger partial charge in [0.05, 0.1) is 0 Å². The molecule has 2 saturated heterocycles. The van der Waals surface area contributed by atoms with Gasteiger partial charge >= 0.3 is 0 Å². The second-order valence-electron chi connectivity index (χ2n) is 9.66. The summed E-state index contributed by atoms with van der Waals surface area (Å²) in [6, 6.07) is 0. The molecule has 6 heteroatoms. The molecule has 0 spiro atoms. The Kier molecular flexibility index (Phi) is 13.2. The minimum absolute atomic E-state index is 0.186. The van der Waals surface area contributed by atoms with Crippen LogP contribution in [0.15, 0.2) is 0 Å². The molecular formula is C25H48N4O2. The molecule has 0 aromatic rings. The number of likely N-dealkylation sites (tertiary alicyclic amines) is 2. The van der Waals surface area contributed by atoms with Crippen molar-refractivity contribution in [1.82, 2.24) is 20.4 Å². The molecule has 6 nitrogen and oxygen atoms in total. The van der Waals surface area contributed by atoms with E-state index in [1.165, 1.54) is 44.9 Å². The minimum Gasteiger partial charge on any atom is -0.356 e. The van der Waals surface area contributed by atoms with E-state index in [0.717, 1.165) is 77.0 Å². The van der Waals surface area contributed by atoms with Gasteiger partial charge in [-0.05, 0) is 77.0 Å². The molecule has 31 heavy (non-hydrogen) atoms. The number of carbonyl (C=O) groups excluding carboxylic acids is 2. The lowest BCUT2D eigenvalue weighted by Gasteiger charge is -2.33. The molecule has 2 N–H and O–H groups in total. The Balaban J connectivity index is 1.46. The van der Waals surface area contributed by atoms with Gasteiger partial charge in [-0.1, -0.05) is 32.6 Å². The molecule has 0 atom stereocenters. The lowest BCUT2D eigenvalue weighted by molar-refractivity contribution is -0.122. The molecule has 2 fully saturated rings. The second-order valence-corrected chi connectivity index (χ2v) is 9.66. The van der Waals surface area contributed by atoms with Crippen LogP contribution in [0.1, 0.15) is 84.5 Å². The van der Waals surface area contributed by atoms with E-state index in [2.05, 4.69) is 27.4 Å². The van der Waals surface area contributed by atoms with Crippen LogP contribution in [0.5, 0.6) is 0 Å². The first-order valence-electron chi connectivity index (χ1n) is 13.1. The first-order chi connectivity index (χ1) is 15.1. The van der Waals surface area contributed by atoms with Crippen molar-refractivity contribution in [2.75, 3.05) is 52.4 Å². The summed E-state index contributed by atoms with van der Waals surface area (Å²) in [5, 5.41) is 5.91. The number of hydrogen-bond donors (Lipinski definition) is 2. The molecule has 180 valence electrons. The van der Waals surface area contributed by atoms with E-state index in [4.69, 9.17) is 0 Å². The van der Waals surface area contributed by atoms with Gasteiger partial charge in [-0.2, -0.15) is 0 Å². The van der Waals surface area contributed by atoms with Crippen molar-refractivity contribution in [2.45, 2.75) is 84.5 Å². The summed E-state index contributed by atoms with van der Waals surface area (Å²) >= 11 is 0. The summed E-state index contributed by atoms with van der Waals surface area (Å²) in [7, 11) is 0. The van der Waals surface area contributed by atoms with Crippen LogP contribution in [-0.4, -0.2) is 74.0 Å². The van der Waals surface area contributed by atoms with Crippen LogP contribution < -0.4 is 10.6 Å². The first kappa shape index (κ1) is 26.1. The Morgan fingerprint density at radius 3 is 1.68 bits per heavy atom. The molecule has 2 heterocycles. The van der Waals surface area contributed by atoms with Gasteiger partial charge in [0.2, 0.25) is 11.8 Å². The Morgan fingerprint density at radius 1 is 0.742 bits per heavy atom. The molecule has 0 unspecified atom stereocenters. The normalized spacial score (nSPS) is 19.4. The van der Waals surface area contributed by atoms with Crippen molar-refractivity contribution >= 4 is 11.8 Å². The van der Waals surface area contributed by atoms with Gasteiger partial charge in [0, 0.05) is 39.0 Å². The minimum atomic E-state index is 0.186. The zero-order valence-corrected chi connectivity index (χ0v) is 20.3. The summed E-state index contributed by atoms with van der Waals surface area (Å²) in [6.45, 7) is 12.2. The zero-order chi connectivity index (χ0) is 22.3. The van der Waals surface area contributed by atoms with Gasteiger partial charge in [0.25, 0.3) is 0 Å². The highest BCUT2D eigenvalue weighted by atomic mass is 16.2. The van der Waals surface area contributed by atoms with Crippen LogP contribution in [0.25, 0.3) is 0 Å². The van der Waals surface area contributed by atoms with Crippen LogP contribution in [-0.2, 0) is 9.59 Å². The van der Waals surface area contributed by atoms with Crippen LogP contribution in [0.4, 0.5) is 0 Å². The highest BCUT2D eigenvalue weighted by Gasteiger charge is 2.22. The molecular weight excluding hydrogens is 388 g/mol. The fourth-order valence-corrected chi connectivity index (χ4v) is 4.99. The molecule has 0 aromatic carbocycles. The van der Waals surface area contributed by atoms with E-state index < -0.39 is 0 Å². The monoisotopic (exact) mass is 436 g/mol. The van der Waals surface area contributed by atoms with Gasteiger partial charge in [-0.3, -0.25) is 9.59 Å². The van der Waals surface area contributed by atoms with Gasteiger partial charge in [-0.25, -0.2) is 0 Å². The average molecular weight is 437 g/mol. The van der Waals surface area contributed by atoms with Crippen molar-refractivity contribution in [3.63, 3.8) is 0 Å². The van der Waals surface area contributed by atoms with E-state index in [1.807, 2.05) is 6.92 Å². The van der Waals surface area contributed by atoms with Crippen molar-refractivity contribution in [3.8, 4) is 0 Å². The Hall–Kier alpha value is -1.14. The molecule has 2 amide bonds. The maximum Gasteiger partial charge on any atom is 0.221 e. The van der Waals surface area contributed by atoms with Gasteiger partial charge < -0.3 is 20.4 Å². The molecule has 2 aliphatic rings. The Morgan fingerprint density at radius 2 is 1.23 bits per heavy atom. The summed E-state index contributed by atoms with van der Waals surface area (Å²) < 4.78 is 0. The van der Waals surface area contributed by atoms with Crippen molar-refractivity contribution in [3.05, 3.63) is 0 Å². The highest BCUT2D eigenvalue weighted by Crippen LogP contribution is 2.27. The number of piperidine rings is 2. The lowest BCUT2D eigenvalue weighted by atomic mass is 9.87. The van der Waals surface area contributed by atoms with E-state index in [0.29, 0.717) is 12.8 Å². The number of nitrogens with one attached hydrogen (secondary N) is 2. The van der Waals surface area contributed by atoms with Gasteiger partial charge in [0.15, 0.2) is 0 Å². The smallest absolute Gasteiger partial charge is 0.221 e. The standard InChI is InChI=1S/C25H48N4O2/c1-3-5-15-27-25(31)14-21-29-18-11-23(12-19-29)8-6-7-22-9-16-28(17-10-22)20-13-24(30)26-4-2/h22-23H,3-21H2,1-2H3,(H,26,30)(H,27,31). The average Bonchev–Trinajstić information content (AvgIpc) is 2.78. The fraction of sp³-hybridized carbons (Fsp3) is 0.920. The predicted octanol–water partition coefficient (Wildman–Crippen LogP) is 3.41. The summed E-state index contributed by atoms with van der Waals surface area (Å²) in [4.78, 5) is 28.4. The Labute approximate surface area is 190 Å². The zero-order valence-electron chi connectivity index (χ0n) is 20.3. The van der Waals surface area contributed by atoms with Gasteiger partial charge in [-0.15, -0.1) is 0 Å². The summed E-state index contributed by atoms with van der Waals surface area (Å²) in [6.07, 6.45) is 12.8. The molecule has 0 aromatic heterocycles. The number of hydrogen-bond acceptors (Lipinski definition) is 4. The summed E-state index contributed by atoms with van der Waals surface area (Å²) in [5.74, 6) is 2.16. The topological polar surface area (TPSA) is 64.7 Å². The van der Waals surface area contributed by atoms with Crippen LogP contribution in [0.2, 0.25) is 0 Å². The first-order valence-corrected chi connectivity index (χ1v) is 13.1. The van der Waals surface area contributed by atoms with Crippen LogP contribution in [0, 0.1) is 11.8 Å². The van der Waals surface area contributed by atoms with Crippen LogP contribution in [0.3, 0.4) is 0 Å². The fourth-order valence-electron chi connectivity index (χ4n) is 4.99. The number of rotatable bonds is 14. The third-order valence-corrected chi connectivity index (χ3v) is 7.18. The lowest BCUT2D eigenvalue weighted by Crippen LogP contribution is -2.37. The molecule has 0 bridgehead atoms. The molecule has 0 aliphatic carbocycles. The highest BCUT2D eigenvalue weighted by molar-refractivity contribution is 5.76. The van der Waals surface area contributed by atoms with Crippen molar-refractivity contribution < 1.29 is 9.59 Å². The number of amides is 2. The third-order valence-electron chi connectivity index (χ3n) is 7.18. The van der Waals surface area contributed by atoms with E-state index >= 15 is 0 Å². The predicted molar refractivity (Wildman–Crippen MR) is 128 cm³/mol. The van der Waals surface area contributed by atoms with Crippen molar-refractivity contribution in [2.24, 2.45) is 11.8 Å². The molecule has 0 saturated carbocycles. The third kappa shape index (κ3) is 11.3. The molecule has 2 aliphatic heterocycles. The maximum absolute atomic E-state index is 11.9. The maximum atomic E-state index is 11.9. The number of nitrogens with zero attached hydrogens (tertiary/aromatic N) is 2. The van der Waals surface area contributed by atoms with Crippen molar-refractivity contribution in [1.29, 1.82) is 0 Å². The largest absolute Gasteiger partial charge is 0.356 e. The number of carbonyl (C=O) groups is 2.